The topological polar surface area (TPSA) is 69.2 Å². The number of carbonyl (C=O) groups excluding carboxylic acids is 1. The van der Waals surface area contributed by atoms with E-state index in [1.54, 1.807) is 46.3 Å². The molecule has 0 heterocycles. The largest absolute Gasteiger partial charge is 0.497 e. The lowest BCUT2D eigenvalue weighted by Crippen LogP contribution is -2.20. The van der Waals surface area contributed by atoms with Gasteiger partial charge in [0.2, 0.25) is 0 Å². The molecule has 0 aromatic heterocycles. The molecule has 19 heavy (non-hydrogen) atoms. The average Bonchev–Trinajstić information content (AvgIpc) is 2.44. The first kappa shape index (κ1) is 14.8. The second-order valence-electron chi connectivity index (χ2n) is 3.60. The first-order valence-corrected chi connectivity index (χ1v) is 5.81. The molecule has 0 atom stereocenters. The Bertz CT molecular complexity index is 472. The fraction of sp³-hybridized carbons (Fsp3) is 0.385. The Kier molecular flexibility index (Phi) is 5.66. The number of benzene rings is 1. The molecule has 0 saturated heterocycles. The van der Waals surface area contributed by atoms with Crippen LogP contribution in [0.2, 0.25) is 0 Å². The van der Waals surface area contributed by atoms with Crippen molar-refractivity contribution < 1.29 is 19.0 Å². The Morgan fingerprint density at radius 3 is 2.63 bits per heavy atom. The van der Waals surface area contributed by atoms with E-state index in [2.05, 4.69) is 10.5 Å². The van der Waals surface area contributed by atoms with E-state index in [1.807, 2.05) is 0 Å². The van der Waals surface area contributed by atoms with Crippen LogP contribution in [0.5, 0.6) is 11.5 Å². The summed E-state index contributed by atoms with van der Waals surface area (Å²) in [7, 11) is 3.15. The molecule has 0 unspecified atom stereocenters. The molecule has 0 spiro atoms. The van der Waals surface area contributed by atoms with E-state index < -0.39 is 6.09 Å². The van der Waals surface area contributed by atoms with E-state index in [9.17, 15) is 4.79 Å². The molecule has 104 valence electrons. The Labute approximate surface area is 112 Å². The number of rotatable bonds is 5. The highest BCUT2D eigenvalue weighted by Gasteiger charge is 2.09. The summed E-state index contributed by atoms with van der Waals surface area (Å²) in [6.45, 7) is 3.77. The summed E-state index contributed by atoms with van der Waals surface area (Å²) < 4.78 is 15.1. The quantitative estimate of drug-likeness (QED) is 0.655. The highest BCUT2D eigenvalue weighted by Crippen LogP contribution is 2.24. The van der Waals surface area contributed by atoms with Crippen molar-refractivity contribution in [3.63, 3.8) is 0 Å². The normalized spacial score (nSPS) is 10.8. The minimum Gasteiger partial charge on any atom is -0.497 e. The number of nitrogens with zero attached hydrogens (tertiary/aromatic N) is 1. The van der Waals surface area contributed by atoms with Gasteiger partial charge in [0.25, 0.3) is 0 Å². The van der Waals surface area contributed by atoms with Crippen molar-refractivity contribution in [3.8, 4) is 11.5 Å². The molecule has 1 aromatic rings. The zero-order valence-electron chi connectivity index (χ0n) is 11.5. The maximum absolute atomic E-state index is 11.2. The Morgan fingerprint density at radius 1 is 1.32 bits per heavy atom. The molecule has 6 nitrogen and oxygen atoms in total. The fourth-order valence-corrected chi connectivity index (χ4v) is 1.45. The monoisotopic (exact) mass is 266 g/mol. The minimum atomic E-state index is -0.594. The number of methoxy groups -OCH3 is 2. The third kappa shape index (κ3) is 4.17. The van der Waals surface area contributed by atoms with Crippen LogP contribution in [-0.4, -0.2) is 32.6 Å². The van der Waals surface area contributed by atoms with E-state index >= 15 is 0 Å². The van der Waals surface area contributed by atoms with Gasteiger partial charge in [0.1, 0.15) is 11.5 Å². The van der Waals surface area contributed by atoms with Crippen molar-refractivity contribution in [2.45, 2.75) is 13.8 Å². The van der Waals surface area contributed by atoms with Crippen LogP contribution >= 0.6 is 0 Å². The molecular formula is C13H18N2O4. The molecule has 0 aliphatic carbocycles. The van der Waals surface area contributed by atoms with Gasteiger partial charge in [-0.2, -0.15) is 5.10 Å². The second kappa shape index (κ2) is 7.25. The molecule has 1 N–H and O–H groups in total. The second-order valence-corrected chi connectivity index (χ2v) is 3.60. The van der Waals surface area contributed by atoms with Crippen LogP contribution in [0.4, 0.5) is 4.79 Å². The van der Waals surface area contributed by atoms with Crippen LogP contribution in [0.3, 0.4) is 0 Å². The van der Waals surface area contributed by atoms with Gasteiger partial charge in [-0.3, -0.25) is 0 Å². The van der Waals surface area contributed by atoms with Crippen molar-refractivity contribution in [1.82, 2.24) is 5.43 Å². The van der Waals surface area contributed by atoms with Gasteiger partial charge in [-0.15, -0.1) is 0 Å². The Hall–Kier alpha value is -2.24. The van der Waals surface area contributed by atoms with E-state index in [1.165, 1.54) is 0 Å². The third-order valence-electron chi connectivity index (χ3n) is 2.39. The predicted molar refractivity (Wildman–Crippen MR) is 71.9 cm³/mol. The van der Waals surface area contributed by atoms with Crippen LogP contribution in [0.1, 0.15) is 19.4 Å². The first-order chi connectivity index (χ1) is 9.12. The van der Waals surface area contributed by atoms with Crippen molar-refractivity contribution in [2.75, 3.05) is 20.8 Å². The lowest BCUT2D eigenvalue weighted by molar-refractivity contribution is 0.152. The smallest absolute Gasteiger partial charge is 0.427 e. The van der Waals surface area contributed by atoms with E-state index in [4.69, 9.17) is 14.2 Å². The number of hydrogen-bond acceptors (Lipinski definition) is 5. The maximum atomic E-state index is 11.2. The maximum Gasteiger partial charge on any atom is 0.427 e. The van der Waals surface area contributed by atoms with Crippen molar-refractivity contribution in [1.29, 1.82) is 0 Å². The summed E-state index contributed by atoms with van der Waals surface area (Å²) in [6.07, 6.45) is -0.594. The molecule has 0 bridgehead atoms. The Balaban J connectivity index is 2.93. The molecule has 1 rings (SSSR count). The molecule has 0 aliphatic rings. The fourth-order valence-electron chi connectivity index (χ4n) is 1.45. The van der Waals surface area contributed by atoms with Crippen LogP contribution in [-0.2, 0) is 4.74 Å². The number of hydrazone groups is 1. The number of carbonyl (C=O) groups is 1. The summed E-state index contributed by atoms with van der Waals surface area (Å²) >= 11 is 0. The van der Waals surface area contributed by atoms with E-state index in [0.717, 1.165) is 5.56 Å². The van der Waals surface area contributed by atoms with Gasteiger partial charge in [-0.1, -0.05) is 0 Å². The van der Waals surface area contributed by atoms with Gasteiger partial charge < -0.3 is 14.2 Å². The van der Waals surface area contributed by atoms with Crippen molar-refractivity contribution in [3.05, 3.63) is 23.8 Å². The summed E-state index contributed by atoms with van der Waals surface area (Å²) in [5.41, 5.74) is 3.62. The molecule has 0 radical (unpaired) electrons. The average molecular weight is 266 g/mol. The van der Waals surface area contributed by atoms with Crippen molar-refractivity contribution in [2.24, 2.45) is 5.10 Å². The molecule has 0 aliphatic heterocycles. The van der Waals surface area contributed by atoms with Gasteiger partial charge in [-0.25, -0.2) is 10.2 Å². The first-order valence-electron chi connectivity index (χ1n) is 5.81. The number of nitrogens with one attached hydrogen (secondary N) is 1. The standard InChI is InChI=1S/C13H18N2O4/c1-5-19-13(16)15-14-9(2)11-8-10(17-3)6-7-12(11)18-4/h6-8H,5H2,1-4H3,(H,15,16)/b14-9-. The molecule has 1 aromatic carbocycles. The lowest BCUT2D eigenvalue weighted by Gasteiger charge is -2.10. The van der Waals surface area contributed by atoms with Gasteiger partial charge in [0, 0.05) is 5.56 Å². The van der Waals surface area contributed by atoms with Gasteiger partial charge in [0.05, 0.1) is 26.5 Å². The molecule has 6 heteroatoms. The summed E-state index contributed by atoms with van der Waals surface area (Å²) in [5.74, 6) is 1.33. The summed E-state index contributed by atoms with van der Waals surface area (Å²) in [5, 5.41) is 3.95. The summed E-state index contributed by atoms with van der Waals surface area (Å²) in [6, 6.07) is 5.34. The van der Waals surface area contributed by atoms with Crippen molar-refractivity contribution >= 4 is 11.8 Å². The lowest BCUT2D eigenvalue weighted by atomic mass is 10.1. The van der Waals surface area contributed by atoms with Crippen LogP contribution < -0.4 is 14.9 Å². The van der Waals surface area contributed by atoms with Crippen LogP contribution in [0.25, 0.3) is 0 Å². The number of ether oxygens (including phenoxy) is 3. The third-order valence-corrected chi connectivity index (χ3v) is 2.39. The SMILES string of the molecule is CCOC(=O)N/N=C(/C)c1cc(OC)ccc1OC. The van der Waals surface area contributed by atoms with Crippen LogP contribution in [0.15, 0.2) is 23.3 Å². The predicted octanol–water partition coefficient (Wildman–Crippen LogP) is 2.17. The van der Waals surface area contributed by atoms with E-state index in [0.29, 0.717) is 23.8 Å². The molecule has 0 saturated carbocycles. The Morgan fingerprint density at radius 2 is 2.05 bits per heavy atom. The van der Waals surface area contributed by atoms with Gasteiger partial charge in [0.15, 0.2) is 0 Å². The van der Waals surface area contributed by atoms with Gasteiger partial charge >= 0.3 is 6.09 Å². The molecule has 1 amide bonds. The van der Waals surface area contributed by atoms with Crippen LogP contribution in [0, 0.1) is 0 Å². The zero-order valence-corrected chi connectivity index (χ0v) is 11.5. The number of hydrogen-bond donors (Lipinski definition) is 1. The highest BCUT2D eigenvalue weighted by molar-refractivity contribution is 6.01. The zero-order chi connectivity index (χ0) is 14.3. The van der Waals surface area contributed by atoms with Gasteiger partial charge in [-0.05, 0) is 32.0 Å². The molecular weight excluding hydrogens is 248 g/mol. The molecule has 0 fully saturated rings. The highest BCUT2D eigenvalue weighted by atomic mass is 16.5. The summed E-state index contributed by atoms with van der Waals surface area (Å²) in [4.78, 5) is 11.2. The minimum absolute atomic E-state index is 0.295. The number of amides is 1. The van der Waals surface area contributed by atoms with E-state index in [-0.39, 0.29) is 0 Å².